The van der Waals surface area contributed by atoms with Gasteiger partial charge in [0.05, 0.1) is 20.8 Å². The Morgan fingerprint density at radius 2 is 1.62 bits per heavy atom. The standard InChI is InChI=1S/C19H25N3O3.HI/c1-4-20-19(21-12-14-8-5-6-10-16(14)24-2)22-13-15-9-7-11-17(25-3)18(15)23;/h5-11,23H,4,12-13H2,1-3H3,(H2,20,21,22);1H. The van der Waals surface area contributed by atoms with Gasteiger partial charge in [-0.1, -0.05) is 30.3 Å². The zero-order chi connectivity index (χ0) is 18.1. The molecule has 3 N–H and O–H groups in total. The molecular weight excluding hydrogens is 445 g/mol. The maximum absolute atomic E-state index is 10.2. The van der Waals surface area contributed by atoms with Crippen LogP contribution in [0.1, 0.15) is 18.1 Å². The van der Waals surface area contributed by atoms with E-state index >= 15 is 0 Å². The molecule has 0 amide bonds. The smallest absolute Gasteiger partial charge is 0.191 e. The number of rotatable bonds is 7. The highest BCUT2D eigenvalue weighted by Crippen LogP contribution is 2.29. The lowest BCUT2D eigenvalue weighted by Crippen LogP contribution is -2.36. The molecule has 0 atom stereocenters. The summed E-state index contributed by atoms with van der Waals surface area (Å²) in [4.78, 5) is 4.58. The Balaban J connectivity index is 0.00000338. The number of para-hydroxylation sites is 2. The number of nitrogens with zero attached hydrogens (tertiary/aromatic N) is 1. The minimum atomic E-state index is 0. The Morgan fingerprint density at radius 1 is 0.962 bits per heavy atom. The third-order valence-corrected chi connectivity index (χ3v) is 3.69. The van der Waals surface area contributed by atoms with E-state index in [-0.39, 0.29) is 29.7 Å². The molecule has 0 unspecified atom stereocenters. The molecule has 0 saturated carbocycles. The highest BCUT2D eigenvalue weighted by atomic mass is 127. The number of phenols is 1. The van der Waals surface area contributed by atoms with Crippen LogP contribution in [0.25, 0.3) is 0 Å². The van der Waals surface area contributed by atoms with Crippen molar-refractivity contribution in [1.82, 2.24) is 10.6 Å². The predicted molar refractivity (Wildman–Crippen MR) is 115 cm³/mol. The van der Waals surface area contributed by atoms with Crippen molar-refractivity contribution in [3.8, 4) is 17.2 Å². The lowest BCUT2D eigenvalue weighted by atomic mass is 10.2. The summed E-state index contributed by atoms with van der Waals surface area (Å²) in [6, 6.07) is 13.2. The molecule has 0 aliphatic rings. The van der Waals surface area contributed by atoms with Crippen LogP contribution in [0.15, 0.2) is 47.5 Å². The third kappa shape index (κ3) is 5.98. The van der Waals surface area contributed by atoms with Crippen LogP contribution in [0, 0.1) is 0 Å². The second kappa shape index (κ2) is 11.5. The average Bonchev–Trinajstić information content (AvgIpc) is 2.65. The van der Waals surface area contributed by atoms with Gasteiger partial charge in [-0.3, -0.25) is 0 Å². The van der Waals surface area contributed by atoms with Crippen LogP contribution in [-0.2, 0) is 13.1 Å². The van der Waals surface area contributed by atoms with Gasteiger partial charge in [0.25, 0.3) is 0 Å². The molecule has 6 nitrogen and oxygen atoms in total. The number of phenolic OH excluding ortho intramolecular Hbond substituents is 1. The summed E-state index contributed by atoms with van der Waals surface area (Å²) in [5, 5.41) is 16.6. The number of guanidine groups is 1. The van der Waals surface area contributed by atoms with Crippen molar-refractivity contribution in [3.05, 3.63) is 53.6 Å². The van der Waals surface area contributed by atoms with Crippen LogP contribution in [0.5, 0.6) is 17.2 Å². The molecule has 26 heavy (non-hydrogen) atoms. The van der Waals surface area contributed by atoms with Crippen molar-refractivity contribution in [2.45, 2.75) is 20.0 Å². The van der Waals surface area contributed by atoms with E-state index in [2.05, 4.69) is 15.6 Å². The molecule has 0 bridgehead atoms. The van der Waals surface area contributed by atoms with Crippen LogP contribution >= 0.6 is 24.0 Å². The zero-order valence-corrected chi connectivity index (χ0v) is 17.6. The van der Waals surface area contributed by atoms with Crippen molar-refractivity contribution < 1.29 is 14.6 Å². The van der Waals surface area contributed by atoms with E-state index in [1.54, 1.807) is 13.2 Å². The number of aliphatic imine (C=N–C) groups is 1. The topological polar surface area (TPSA) is 75.1 Å². The second-order valence-electron chi connectivity index (χ2n) is 5.33. The third-order valence-electron chi connectivity index (χ3n) is 3.69. The largest absolute Gasteiger partial charge is 0.504 e. The van der Waals surface area contributed by atoms with Gasteiger partial charge in [0.1, 0.15) is 5.75 Å². The molecule has 2 aromatic carbocycles. The van der Waals surface area contributed by atoms with Gasteiger partial charge in [0.15, 0.2) is 17.5 Å². The quantitative estimate of drug-likeness (QED) is 0.329. The Labute approximate surface area is 171 Å². The molecule has 0 heterocycles. The van der Waals surface area contributed by atoms with E-state index in [1.807, 2.05) is 43.3 Å². The van der Waals surface area contributed by atoms with Gasteiger partial charge in [0, 0.05) is 24.2 Å². The fourth-order valence-electron chi connectivity index (χ4n) is 2.39. The highest BCUT2D eigenvalue weighted by Gasteiger charge is 2.08. The molecule has 0 aromatic heterocycles. The molecule has 0 aliphatic heterocycles. The van der Waals surface area contributed by atoms with Gasteiger partial charge in [-0.25, -0.2) is 4.99 Å². The maximum Gasteiger partial charge on any atom is 0.191 e. The molecule has 0 fully saturated rings. The Kier molecular flexibility index (Phi) is 9.64. The van der Waals surface area contributed by atoms with Crippen molar-refractivity contribution >= 4 is 29.9 Å². The first-order valence-electron chi connectivity index (χ1n) is 8.18. The first-order valence-corrected chi connectivity index (χ1v) is 8.18. The van der Waals surface area contributed by atoms with Crippen LogP contribution in [0.3, 0.4) is 0 Å². The second-order valence-corrected chi connectivity index (χ2v) is 5.33. The monoisotopic (exact) mass is 471 g/mol. The first kappa shape index (κ1) is 21.9. The molecule has 2 rings (SSSR count). The predicted octanol–water partition coefficient (Wildman–Crippen LogP) is 3.28. The minimum absolute atomic E-state index is 0. The fraction of sp³-hybridized carbons (Fsp3) is 0.316. The lowest BCUT2D eigenvalue weighted by Gasteiger charge is -2.14. The van der Waals surface area contributed by atoms with E-state index in [0.29, 0.717) is 24.8 Å². The molecule has 7 heteroatoms. The van der Waals surface area contributed by atoms with Crippen molar-refractivity contribution in [3.63, 3.8) is 0 Å². The maximum atomic E-state index is 10.2. The van der Waals surface area contributed by atoms with Crippen molar-refractivity contribution in [2.24, 2.45) is 4.99 Å². The Hall–Kier alpha value is -2.16. The minimum Gasteiger partial charge on any atom is -0.504 e. The Morgan fingerprint density at radius 3 is 2.31 bits per heavy atom. The summed E-state index contributed by atoms with van der Waals surface area (Å²) in [5.41, 5.74) is 1.74. The number of nitrogens with one attached hydrogen (secondary N) is 2. The molecule has 142 valence electrons. The van der Waals surface area contributed by atoms with Gasteiger partial charge >= 0.3 is 0 Å². The van der Waals surface area contributed by atoms with E-state index < -0.39 is 0 Å². The average molecular weight is 471 g/mol. The molecule has 0 spiro atoms. The van der Waals surface area contributed by atoms with E-state index in [4.69, 9.17) is 9.47 Å². The number of aromatic hydroxyl groups is 1. The molecule has 0 saturated heterocycles. The van der Waals surface area contributed by atoms with Gasteiger partial charge in [-0.2, -0.15) is 0 Å². The first-order chi connectivity index (χ1) is 12.2. The number of halogens is 1. The number of benzene rings is 2. The molecule has 0 aliphatic carbocycles. The molecule has 2 aromatic rings. The van der Waals surface area contributed by atoms with Crippen LogP contribution < -0.4 is 20.1 Å². The number of methoxy groups -OCH3 is 2. The number of hydrogen-bond donors (Lipinski definition) is 3. The summed E-state index contributed by atoms with van der Waals surface area (Å²) >= 11 is 0. The summed E-state index contributed by atoms with van der Waals surface area (Å²) < 4.78 is 10.5. The van der Waals surface area contributed by atoms with Crippen molar-refractivity contribution in [2.75, 3.05) is 20.8 Å². The highest BCUT2D eigenvalue weighted by molar-refractivity contribution is 14.0. The van der Waals surface area contributed by atoms with E-state index in [0.717, 1.165) is 23.4 Å². The van der Waals surface area contributed by atoms with Crippen LogP contribution in [0.2, 0.25) is 0 Å². The number of ether oxygens (including phenoxy) is 2. The van der Waals surface area contributed by atoms with Gasteiger partial charge in [0.2, 0.25) is 0 Å². The SMILES string of the molecule is CCNC(=NCc1ccccc1OC)NCc1cccc(OC)c1O.I. The van der Waals surface area contributed by atoms with Gasteiger partial charge in [-0.05, 0) is 19.1 Å². The lowest BCUT2D eigenvalue weighted by molar-refractivity contribution is 0.370. The summed E-state index contributed by atoms with van der Waals surface area (Å²) in [6.07, 6.45) is 0. The normalized spacial score (nSPS) is 10.7. The zero-order valence-electron chi connectivity index (χ0n) is 15.3. The number of hydrogen-bond acceptors (Lipinski definition) is 4. The van der Waals surface area contributed by atoms with Gasteiger partial charge < -0.3 is 25.2 Å². The van der Waals surface area contributed by atoms with E-state index in [1.165, 1.54) is 7.11 Å². The molecule has 0 radical (unpaired) electrons. The summed E-state index contributed by atoms with van der Waals surface area (Å²) in [7, 11) is 3.18. The van der Waals surface area contributed by atoms with Gasteiger partial charge in [-0.15, -0.1) is 24.0 Å². The Bertz CT molecular complexity index is 723. The summed E-state index contributed by atoms with van der Waals surface area (Å²) in [5.74, 6) is 2.07. The van der Waals surface area contributed by atoms with Crippen LogP contribution in [0.4, 0.5) is 0 Å². The summed E-state index contributed by atoms with van der Waals surface area (Å²) in [6.45, 7) is 3.66. The fourth-order valence-corrected chi connectivity index (χ4v) is 2.39. The molecular formula is C19H26IN3O3. The van der Waals surface area contributed by atoms with Crippen molar-refractivity contribution in [1.29, 1.82) is 0 Å². The van der Waals surface area contributed by atoms with Crippen LogP contribution in [-0.4, -0.2) is 31.8 Å². The van der Waals surface area contributed by atoms with E-state index in [9.17, 15) is 5.11 Å².